The number of unbranched alkanes of at least 4 members (excludes halogenated alkanes) is 1. The number of hydrogen-bond donors (Lipinski definition) is 0. The van der Waals surface area contributed by atoms with E-state index in [1.807, 2.05) is 53.1 Å². The molecular weight excluding hydrogens is 470 g/mol. The summed E-state index contributed by atoms with van der Waals surface area (Å²) in [6, 6.07) is 17.6. The minimum absolute atomic E-state index is 0.0518. The number of nitrogens with zero attached hydrogens (tertiary/aromatic N) is 5. The molecule has 0 N–H and O–H groups in total. The quantitative estimate of drug-likeness (QED) is 0.313. The van der Waals surface area contributed by atoms with E-state index in [9.17, 15) is 9.59 Å². The van der Waals surface area contributed by atoms with E-state index in [1.54, 1.807) is 26.3 Å². The van der Waals surface area contributed by atoms with Crippen molar-refractivity contribution in [2.75, 3.05) is 20.3 Å². The molecule has 0 saturated carbocycles. The summed E-state index contributed by atoms with van der Waals surface area (Å²) in [5.41, 5.74) is 3.48. The molecule has 0 aliphatic carbocycles. The van der Waals surface area contributed by atoms with Crippen molar-refractivity contribution in [1.29, 1.82) is 0 Å². The van der Waals surface area contributed by atoms with Gasteiger partial charge in [0.1, 0.15) is 5.56 Å². The Balaban J connectivity index is 1.66. The molecular formula is C28H31N5O4. The van der Waals surface area contributed by atoms with Crippen LogP contribution in [0.25, 0.3) is 11.1 Å². The summed E-state index contributed by atoms with van der Waals surface area (Å²) >= 11 is 0. The normalized spacial score (nSPS) is 13.7. The SMILES string of the molecule is CCCCc1cc(=O)c(C(=O)OCC)cn1Cc1ccc(-c2ccccc2C2(COC)N=NN=N2)cc1. The molecule has 0 saturated heterocycles. The van der Waals surface area contributed by atoms with Gasteiger partial charge in [0.15, 0.2) is 5.43 Å². The monoisotopic (exact) mass is 501 g/mol. The summed E-state index contributed by atoms with van der Waals surface area (Å²) in [5.74, 6) is -0.596. The average Bonchev–Trinajstić information content (AvgIpc) is 3.39. The van der Waals surface area contributed by atoms with E-state index in [-0.39, 0.29) is 24.2 Å². The number of carbonyl (C=O) groups excluding carboxylic acids is 1. The molecule has 2 aromatic carbocycles. The van der Waals surface area contributed by atoms with Gasteiger partial charge in [-0.25, -0.2) is 4.79 Å². The second-order valence-electron chi connectivity index (χ2n) is 8.87. The minimum Gasteiger partial charge on any atom is -0.462 e. The molecule has 9 nitrogen and oxygen atoms in total. The van der Waals surface area contributed by atoms with Crippen LogP contribution in [0.2, 0.25) is 0 Å². The number of aryl methyl sites for hydroxylation is 1. The Bertz CT molecular complexity index is 1350. The second-order valence-corrected chi connectivity index (χ2v) is 8.87. The van der Waals surface area contributed by atoms with Gasteiger partial charge in [-0.3, -0.25) is 4.79 Å². The first kappa shape index (κ1) is 26.1. The van der Waals surface area contributed by atoms with Crippen LogP contribution >= 0.6 is 0 Å². The summed E-state index contributed by atoms with van der Waals surface area (Å²) in [4.78, 5) is 24.9. The Kier molecular flexibility index (Phi) is 8.35. The highest BCUT2D eigenvalue weighted by Gasteiger charge is 2.37. The van der Waals surface area contributed by atoms with Crippen LogP contribution in [-0.2, 0) is 28.1 Å². The number of ether oxygens (including phenoxy) is 2. The van der Waals surface area contributed by atoms with Crippen LogP contribution in [0.5, 0.6) is 0 Å². The highest BCUT2D eigenvalue weighted by atomic mass is 16.5. The number of aromatic nitrogens is 1. The molecule has 1 aromatic heterocycles. The van der Waals surface area contributed by atoms with Gasteiger partial charge in [0.25, 0.3) is 0 Å². The van der Waals surface area contributed by atoms with Crippen LogP contribution < -0.4 is 5.43 Å². The molecule has 0 atom stereocenters. The van der Waals surface area contributed by atoms with Crippen molar-refractivity contribution in [3.8, 4) is 11.1 Å². The molecule has 0 fully saturated rings. The lowest BCUT2D eigenvalue weighted by Crippen LogP contribution is -2.25. The van der Waals surface area contributed by atoms with E-state index in [4.69, 9.17) is 9.47 Å². The first-order valence-corrected chi connectivity index (χ1v) is 12.4. The van der Waals surface area contributed by atoms with E-state index in [0.717, 1.165) is 47.2 Å². The summed E-state index contributed by atoms with van der Waals surface area (Å²) < 4.78 is 12.4. The number of carbonyl (C=O) groups is 1. The Morgan fingerprint density at radius 1 is 1.03 bits per heavy atom. The number of benzene rings is 2. The van der Waals surface area contributed by atoms with Gasteiger partial charge < -0.3 is 14.0 Å². The highest BCUT2D eigenvalue weighted by Crippen LogP contribution is 2.38. The first-order chi connectivity index (χ1) is 18.0. The van der Waals surface area contributed by atoms with Gasteiger partial charge >= 0.3 is 5.97 Å². The largest absolute Gasteiger partial charge is 0.462 e. The molecule has 1 aliphatic heterocycles. The Morgan fingerprint density at radius 2 is 1.76 bits per heavy atom. The van der Waals surface area contributed by atoms with E-state index >= 15 is 0 Å². The topological polar surface area (TPSA) is 107 Å². The summed E-state index contributed by atoms with van der Waals surface area (Å²) in [6.07, 6.45) is 4.33. The number of methoxy groups -OCH3 is 1. The fraction of sp³-hybridized carbons (Fsp3) is 0.357. The predicted molar refractivity (Wildman–Crippen MR) is 140 cm³/mol. The lowest BCUT2D eigenvalue weighted by Gasteiger charge is -2.22. The summed E-state index contributed by atoms with van der Waals surface area (Å²) in [7, 11) is 1.60. The molecule has 0 amide bonds. The first-order valence-electron chi connectivity index (χ1n) is 12.4. The lowest BCUT2D eigenvalue weighted by atomic mass is 9.91. The maximum atomic E-state index is 12.6. The van der Waals surface area contributed by atoms with Crippen molar-refractivity contribution in [2.45, 2.75) is 45.3 Å². The van der Waals surface area contributed by atoms with Gasteiger partial charge in [-0.1, -0.05) is 61.9 Å². The van der Waals surface area contributed by atoms with Gasteiger partial charge in [-0.15, -0.1) is 10.2 Å². The third kappa shape index (κ3) is 5.72. The van der Waals surface area contributed by atoms with Crippen molar-refractivity contribution in [3.05, 3.63) is 93.4 Å². The van der Waals surface area contributed by atoms with E-state index in [1.165, 1.54) is 0 Å². The molecule has 192 valence electrons. The van der Waals surface area contributed by atoms with Crippen LogP contribution in [0.1, 0.15) is 53.9 Å². The molecule has 0 bridgehead atoms. The second kappa shape index (κ2) is 11.8. The number of hydrogen-bond acceptors (Lipinski definition) is 8. The maximum Gasteiger partial charge on any atom is 0.343 e. The standard InChI is InChI=1S/C28H31N5O4/c1-4-6-9-22-16-26(34)24(27(35)37-5-2)18-33(22)17-20-12-14-21(15-13-20)23-10-7-8-11-25(23)28(19-36-3)29-31-32-30-28/h7-8,10-16,18H,4-6,9,17,19H2,1-3H3. The van der Waals surface area contributed by atoms with Crippen LogP contribution in [0.4, 0.5) is 0 Å². The molecule has 0 spiro atoms. The molecule has 2 heterocycles. The van der Waals surface area contributed by atoms with Crippen molar-refractivity contribution < 1.29 is 14.3 Å². The Hall–Kier alpha value is -3.98. The number of rotatable bonds is 11. The minimum atomic E-state index is -1.00. The molecule has 3 aromatic rings. The predicted octanol–water partition coefficient (Wildman–Crippen LogP) is 5.72. The smallest absolute Gasteiger partial charge is 0.343 e. The third-order valence-corrected chi connectivity index (χ3v) is 6.28. The van der Waals surface area contributed by atoms with Crippen molar-refractivity contribution in [1.82, 2.24) is 4.57 Å². The summed E-state index contributed by atoms with van der Waals surface area (Å²) in [6.45, 7) is 4.79. The maximum absolute atomic E-state index is 12.6. The van der Waals surface area contributed by atoms with Gasteiger partial charge in [0, 0.05) is 37.2 Å². The molecule has 1 aliphatic rings. The Labute approximate surface area is 215 Å². The van der Waals surface area contributed by atoms with E-state index < -0.39 is 11.6 Å². The van der Waals surface area contributed by atoms with Crippen LogP contribution in [0.15, 0.2) is 86.3 Å². The zero-order valence-corrected chi connectivity index (χ0v) is 21.4. The van der Waals surface area contributed by atoms with Crippen LogP contribution in [0, 0.1) is 0 Å². The Morgan fingerprint density at radius 3 is 2.43 bits per heavy atom. The molecule has 0 unspecified atom stereocenters. The van der Waals surface area contributed by atoms with Gasteiger partial charge in [0.2, 0.25) is 5.66 Å². The summed E-state index contributed by atoms with van der Waals surface area (Å²) in [5, 5.41) is 16.0. The van der Waals surface area contributed by atoms with Crippen LogP contribution in [-0.4, -0.2) is 30.9 Å². The highest BCUT2D eigenvalue weighted by molar-refractivity contribution is 5.89. The van der Waals surface area contributed by atoms with Crippen molar-refractivity contribution >= 4 is 5.97 Å². The number of pyridine rings is 1. The molecule has 9 heteroatoms. The third-order valence-electron chi connectivity index (χ3n) is 6.28. The van der Waals surface area contributed by atoms with Crippen molar-refractivity contribution in [2.24, 2.45) is 20.7 Å². The number of esters is 1. The zero-order valence-electron chi connectivity index (χ0n) is 21.4. The zero-order chi connectivity index (χ0) is 26.3. The molecule has 0 radical (unpaired) electrons. The molecule has 4 rings (SSSR count). The van der Waals surface area contributed by atoms with E-state index in [0.29, 0.717) is 6.54 Å². The van der Waals surface area contributed by atoms with Gasteiger partial charge in [0.05, 0.1) is 13.2 Å². The van der Waals surface area contributed by atoms with Gasteiger partial charge in [-0.2, -0.15) is 0 Å². The van der Waals surface area contributed by atoms with Crippen LogP contribution in [0.3, 0.4) is 0 Å². The fourth-order valence-corrected chi connectivity index (χ4v) is 4.42. The fourth-order valence-electron chi connectivity index (χ4n) is 4.42. The van der Waals surface area contributed by atoms with E-state index in [2.05, 4.69) is 27.6 Å². The lowest BCUT2D eigenvalue weighted by molar-refractivity contribution is 0.0523. The average molecular weight is 502 g/mol. The molecule has 37 heavy (non-hydrogen) atoms. The van der Waals surface area contributed by atoms with Crippen molar-refractivity contribution in [3.63, 3.8) is 0 Å². The van der Waals surface area contributed by atoms with Gasteiger partial charge in [-0.05, 0) is 46.9 Å².